The van der Waals surface area contributed by atoms with Gasteiger partial charge in [-0.1, -0.05) is 90.1 Å². The van der Waals surface area contributed by atoms with Gasteiger partial charge in [0.15, 0.2) is 0 Å². The van der Waals surface area contributed by atoms with E-state index in [0.717, 1.165) is 0 Å². The zero-order chi connectivity index (χ0) is 21.4. The molecule has 0 fully saturated rings. The second-order valence-corrected chi connectivity index (χ2v) is 10.6. The zero-order valence-corrected chi connectivity index (χ0v) is 19.4. The average Bonchev–Trinajstić information content (AvgIpc) is 3.05. The first-order chi connectivity index (χ1) is 13.5. The highest BCUT2D eigenvalue weighted by Gasteiger charge is 2.36. The number of benzene rings is 2. The molecule has 3 aromatic rings. The van der Waals surface area contributed by atoms with Gasteiger partial charge in [0.2, 0.25) is 6.33 Å². The van der Waals surface area contributed by atoms with Crippen LogP contribution in [-0.2, 0) is 0 Å². The normalized spacial score (nSPS) is 14.6. The second kappa shape index (κ2) is 7.82. The Bertz CT molecular complexity index is 888. The van der Waals surface area contributed by atoms with Crippen molar-refractivity contribution in [2.24, 2.45) is 10.8 Å². The Hall–Kier alpha value is -2.35. The fourth-order valence-electron chi connectivity index (χ4n) is 4.63. The van der Waals surface area contributed by atoms with E-state index in [-0.39, 0.29) is 22.9 Å². The van der Waals surface area contributed by atoms with Gasteiger partial charge in [-0.25, -0.2) is 9.13 Å². The summed E-state index contributed by atoms with van der Waals surface area (Å²) in [6.45, 7) is 18.4. The maximum atomic E-state index is 2.40. The summed E-state index contributed by atoms with van der Waals surface area (Å²) >= 11 is 0. The molecular weight excluding hydrogens is 352 g/mol. The lowest BCUT2D eigenvalue weighted by molar-refractivity contribution is -0.725. The van der Waals surface area contributed by atoms with Crippen molar-refractivity contribution in [2.75, 3.05) is 0 Å². The monoisotopic (exact) mass is 389 g/mol. The molecule has 2 atom stereocenters. The molecule has 0 saturated carbocycles. The van der Waals surface area contributed by atoms with E-state index in [1.165, 1.54) is 22.3 Å². The van der Waals surface area contributed by atoms with E-state index in [2.05, 4.69) is 132 Å². The minimum atomic E-state index is 0.100. The van der Waals surface area contributed by atoms with E-state index >= 15 is 0 Å². The lowest BCUT2D eigenvalue weighted by atomic mass is 9.80. The van der Waals surface area contributed by atoms with Gasteiger partial charge in [0.05, 0.1) is 0 Å². The lowest BCUT2D eigenvalue weighted by Gasteiger charge is -2.31. The summed E-state index contributed by atoms with van der Waals surface area (Å²) in [4.78, 5) is 0. The van der Waals surface area contributed by atoms with E-state index < -0.39 is 0 Å². The maximum absolute atomic E-state index is 2.40. The number of aromatic nitrogens is 2. The summed E-state index contributed by atoms with van der Waals surface area (Å²) in [6, 6.07) is 18.1. The molecule has 0 N–H and O–H groups in total. The van der Waals surface area contributed by atoms with Crippen LogP contribution in [-0.4, -0.2) is 4.57 Å². The minimum Gasteiger partial charge on any atom is -0.229 e. The van der Waals surface area contributed by atoms with Crippen molar-refractivity contribution in [3.8, 4) is 0 Å². The molecule has 2 aromatic carbocycles. The summed E-state index contributed by atoms with van der Waals surface area (Å²) in [5, 5.41) is 0. The number of nitrogens with zero attached hydrogens (tertiary/aromatic N) is 2. The van der Waals surface area contributed by atoms with Crippen molar-refractivity contribution in [1.29, 1.82) is 0 Å². The molecule has 1 aromatic heterocycles. The largest absolute Gasteiger partial charge is 0.244 e. The lowest BCUT2D eigenvalue weighted by Crippen LogP contribution is -2.46. The van der Waals surface area contributed by atoms with E-state index in [1.54, 1.807) is 0 Å². The number of aryl methyl sites for hydroxylation is 2. The molecule has 0 radical (unpaired) electrons. The molecule has 0 unspecified atom stereocenters. The molecule has 3 rings (SSSR count). The van der Waals surface area contributed by atoms with Crippen molar-refractivity contribution < 1.29 is 4.57 Å². The SMILES string of the molecule is Cc1ccccc1[C@H](n1cc[n+]([C@@H](c2ccccc2C)C(C)(C)C)c1)C(C)(C)C. The van der Waals surface area contributed by atoms with Crippen LogP contribution in [0, 0.1) is 24.7 Å². The Morgan fingerprint density at radius 3 is 1.72 bits per heavy atom. The predicted molar refractivity (Wildman–Crippen MR) is 122 cm³/mol. The van der Waals surface area contributed by atoms with Crippen LogP contribution in [0.2, 0.25) is 0 Å². The summed E-state index contributed by atoms with van der Waals surface area (Å²) < 4.78 is 4.80. The summed E-state index contributed by atoms with van der Waals surface area (Å²) in [7, 11) is 0. The van der Waals surface area contributed by atoms with Gasteiger partial charge in [-0.3, -0.25) is 0 Å². The number of hydrogen-bond donors (Lipinski definition) is 0. The van der Waals surface area contributed by atoms with Crippen molar-refractivity contribution in [2.45, 2.75) is 67.5 Å². The van der Waals surface area contributed by atoms with Crippen LogP contribution in [0.5, 0.6) is 0 Å². The Morgan fingerprint density at radius 2 is 1.24 bits per heavy atom. The molecule has 0 aliphatic heterocycles. The van der Waals surface area contributed by atoms with Crippen LogP contribution >= 0.6 is 0 Å². The average molecular weight is 390 g/mol. The highest BCUT2D eigenvalue weighted by molar-refractivity contribution is 5.31. The van der Waals surface area contributed by atoms with Gasteiger partial charge in [-0.05, 0) is 25.0 Å². The predicted octanol–water partition coefficient (Wildman–Crippen LogP) is 6.66. The van der Waals surface area contributed by atoms with E-state index in [9.17, 15) is 0 Å². The van der Waals surface area contributed by atoms with Gasteiger partial charge >= 0.3 is 0 Å². The van der Waals surface area contributed by atoms with Crippen LogP contribution in [0.3, 0.4) is 0 Å². The van der Waals surface area contributed by atoms with E-state index in [0.29, 0.717) is 0 Å². The quantitative estimate of drug-likeness (QED) is 0.441. The fraction of sp³-hybridized carbons (Fsp3) is 0.444. The molecule has 1 heterocycles. The van der Waals surface area contributed by atoms with Crippen LogP contribution in [0.25, 0.3) is 0 Å². The molecule has 0 bridgehead atoms. The van der Waals surface area contributed by atoms with E-state index in [4.69, 9.17) is 0 Å². The molecule has 0 amide bonds. The van der Waals surface area contributed by atoms with Crippen LogP contribution in [0.4, 0.5) is 0 Å². The standard InChI is InChI=1S/C27H37N2/c1-20-13-9-11-15-22(20)24(26(3,4)5)28-17-18-29(19-28)25(27(6,7)8)23-16-12-10-14-21(23)2/h9-19,24-25H,1-8H3/q+1/t24-,25-/m0/s1. The Labute approximate surface area is 177 Å². The number of hydrogen-bond acceptors (Lipinski definition) is 0. The van der Waals surface area contributed by atoms with E-state index in [1.807, 2.05) is 0 Å². The Morgan fingerprint density at radius 1 is 0.724 bits per heavy atom. The highest BCUT2D eigenvalue weighted by atomic mass is 15.2. The summed E-state index contributed by atoms with van der Waals surface area (Å²) in [5.74, 6) is 0. The van der Waals surface area contributed by atoms with Crippen LogP contribution in [0.15, 0.2) is 67.3 Å². The topological polar surface area (TPSA) is 8.81 Å². The smallest absolute Gasteiger partial charge is 0.229 e. The Balaban J connectivity index is 2.12. The maximum Gasteiger partial charge on any atom is 0.244 e. The molecule has 0 saturated heterocycles. The van der Waals surface area contributed by atoms with Crippen molar-refractivity contribution in [3.05, 3.63) is 89.5 Å². The minimum absolute atomic E-state index is 0.100. The number of rotatable bonds is 4. The molecule has 29 heavy (non-hydrogen) atoms. The van der Waals surface area contributed by atoms with Gasteiger partial charge in [-0.2, -0.15) is 0 Å². The van der Waals surface area contributed by atoms with Gasteiger partial charge in [0, 0.05) is 22.0 Å². The molecule has 154 valence electrons. The first kappa shape index (κ1) is 21.4. The fourth-order valence-corrected chi connectivity index (χ4v) is 4.63. The molecule has 0 spiro atoms. The molecule has 0 aliphatic rings. The molecule has 2 heteroatoms. The highest BCUT2D eigenvalue weighted by Crippen LogP contribution is 2.38. The van der Waals surface area contributed by atoms with Gasteiger partial charge in [0.1, 0.15) is 24.5 Å². The first-order valence-electron chi connectivity index (χ1n) is 10.7. The van der Waals surface area contributed by atoms with Crippen LogP contribution < -0.4 is 4.57 Å². The second-order valence-electron chi connectivity index (χ2n) is 10.6. The van der Waals surface area contributed by atoms with Gasteiger partial charge in [0.25, 0.3) is 0 Å². The van der Waals surface area contributed by atoms with Crippen LogP contribution in [0.1, 0.15) is 75.9 Å². The molecule has 0 aliphatic carbocycles. The third-order valence-corrected chi connectivity index (χ3v) is 5.88. The van der Waals surface area contributed by atoms with Crippen molar-refractivity contribution in [3.63, 3.8) is 0 Å². The van der Waals surface area contributed by atoms with Gasteiger partial charge in [-0.15, -0.1) is 0 Å². The third kappa shape index (κ3) is 4.47. The van der Waals surface area contributed by atoms with Gasteiger partial charge < -0.3 is 0 Å². The summed E-state index contributed by atoms with van der Waals surface area (Å²) in [5.41, 5.74) is 5.68. The third-order valence-electron chi connectivity index (χ3n) is 5.88. The van der Waals surface area contributed by atoms with Crippen molar-refractivity contribution >= 4 is 0 Å². The van der Waals surface area contributed by atoms with Crippen molar-refractivity contribution in [1.82, 2.24) is 4.57 Å². The molecular formula is C27H37N2+. The number of imidazole rings is 1. The first-order valence-corrected chi connectivity index (χ1v) is 10.7. The Kier molecular flexibility index (Phi) is 5.76. The molecule has 2 nitrogen and oxygen atoms in total. The summed E-state index contributed by atoms with van der Waals surface area (Å²) in [6.07, 6.45) is 6.81. The zero-order valence-electron chi connectivity index (χ0n) is 19.4.